The van der Waals surface area contributed by atoms with Gasteiger partial charge in [-0.15, -0.1) is 0 Å². The molecule has 0 bridgehead atoms. The second-order valence-electron chi connectivity index (χ2n) is 8.14. The smallest absolute Gasteiger partial charge is 0.270 e. The molecule has 0 radical (unpaired) electrons. The second kappa shape index (κ2) is 8.04. The molecule has 0 N–H and O–H groups in total. The highest BCUT2D eigenvalue weighted by molar-refractivity contribution is 9.10. The van der Waals surface area contributed by atoms with Gasteiger partial charge in [-0.1, -0.05) is 28.1 Å². The van der Waals surface area contributed by atoms with E-state index in [-0.39, 0.29) is 11.3 Å². The molecule has 9 nitrogen and oxygen atoms in total. The topological polar surface area (TPSA) is 125 Å². The number of allylic oxidation sites excluding steroid dienone is 2. The van der Waals surface area contributed by atoms with Crippen LogP contribution in [0.2, 0.25) is 0 Å². The molecule has 34 heavy (non-hydrogen) atoms. The first-order valence-corrected chi connectivity index (χ1v) is 11.1. The Morgan fingerprint density at radius 3 is 2.47 bits per heavy atom. The molecular weight excluding hydrogens is 504 g/mol. The fourth-order valence-electron chi connectivity index (χ4n) is 4.91. The second-order valence-corrected chi connectivity index (χ2v) is 9.06. The number of nitro groups is 1. The molecule has 3 heterocycles. The highest BCUT2D eigenvalue weighted by Gasteiger charge is 2.63. The number of hydrogen-bond donors (Lipinski definition) is 0. The summed E-state index contributed by atoms with van der Waals surface area (Å²) in [6, 6.07) is 12.3. The lowest BCUT2D eigenvalue weighted by atomic mass is 9.86. The maximum absolute atomic E-state index is 13.6. The molecule has 3 aliphatic rings. The van der Waals surface area contributed by atoms with E-state index < -0.39 is 46.4 Å². The van der Waals surface area contributed by atoms with Crippen molar-refractivity contribution in [2.75, 3.05) is 4.90 Å². The van der Waals surface area contributed by atoms with Gasteiger partial charge in [-0.25, -0.2) is 4.90 Å². The number of nitro benzene ring substituents is 1. The summed E-state index contributed by atoms with van der Waals surface area (Å²) in [5.41, 5.74) is 0.537. The van der Waals surface area contributed by atoms with E-state index in [0.29, 0.717) is 11.3 Å². The third-order valence-electron chi connectivity index (χ3n) is 6.37. The van der Waals surface area contributed by atoms with E-state index in [0.717, 1.165) is 9.37 Å². The largest absolute Gasteiger partial charge is 0.359 e. The lowest BCUT2D eigenvalue weighted by molar-refractivity contribution is -0.384. The van der Waals surface area contributed by atoms with Crippen molar-refractivity contribution in [3.63, 3.8) is 0 Å². The van der Waals surface area contributed by atoms with Crippen LogP contribution in [0, 0.1) is 33.3 Å². The van der Waals surface area contributed by atoms with Gasteiger partial charge in [0, 0.05) is 28.4 Å². The van der Waals surface area contributed by atoms with Crippen LogP contribution in [-0.4, -0.2) is 39.5 Å². The Bertz CT molecular complexity index is 1360. The fourth-order valence-corrected chi connectivity index (χ4v) is 5.17. The van der Waals surface area contributed by atoms with Gasteiger partial charge in [0.15, 0.2) is 5.78 Å². The molecule has 2 aromatic rings. The number of halogens is 1. The predicted molar refractivity (Wildman–Crippen MR) is 123 cm³/mol. The highest BCUT2D eigenvalue weighted by Crippen LogP contribution is 2.47. The molecule has 10 heteroatoms. The number of non-ortho nitro benzene ring substituents is 1. The third kappa shape index (κ3) is 3.24. The number of hydrogen-bond acceptors (Lipinski definition) is 7. The van der Waals surface area contributed by atoms with Crippen LogP contribution >= 0.6 is 15.9 Å². The summed E-state index contributed by atoms with van der Waals surface area (Å²) in [6.45, 7) is 0. The number of fused-ring (bicyclic) bond motifs is 3. The van der Waals surface area contributed by atoms with Gasteiger partial charge in [-0.2, -0.15) is 5.26 Å². The molecule has 4 atom stereocenters. The van der Waals surface area contributed by atoms with Crippen molar-refractivity contribution < 1.29 is 19.3 Å². The monoisotopic (exact) mass is 518 g/mol. The van der Waals surface area contributed by atoms with Gasteiger partial charge < -0.3 is 4.90 Å². The summed E-state index contributed by atoms with van der Waals surface area (Å²) >= 11 is 3.33. The summed E-state index contributed by atoms with van der Waals surface area (Å²) in [5.74, 6) is -3.36. The lowest BCUT2D eigenvalue weighted by Crippen LogP contribution is -2.46. The van der Waals surface area contributed by atoms with Gasteiger partial charge in [0.05, 0.1) is 40.1 Å². The number of nitriles is 1. The van der Waals surface area contributed by atoms with Crippen molar-refractivity contribution in [3.05, 3.63) is 92.6 Å². The number of rotatable bonds is 4. The first-order chi connectivity index (χ1) is 16.3. The molecule has 2 aromatic carbocycles. The molecule has 0 saturated carbocycles. The van der Waals surface area contributed by atoms with Crippen LogP contribution < -0.4 is 4.90 Å². The summed E-state index contributed by atoms with van der Waals surface area (Å²) in [4.78, 5) is 54.1. The molecule has 2 fully saturated rings. The van der Waals surface area contributed by atoms with E-state index in [2.05, 4.69) is 15.9 Å². The number of carbonyl (C=O) groups excluding carboxylic acids is 3. The van der Waals surface area contributed by atoms with Gasteiger partial charge in [0.2, 0.25) is 11.8 Å². The van der Waals surface area contributed by atoms with Crippen LogP contribution in [0.4, 0.5) is 11.4 Å². The Balaban J connectivity index is 1.60. The van der Waals surface area contributed by atoms with E-state index in [1.807, 2.05) is 6.07 Å². The van der Waals surface area contributed by atoms with Crippen LogP contribution in [0.15, 0.2) is 76.9 Å². The number of nitrogens with zero attached hydrogens (tertiary/aromatic N) is 4. The van der Waals surface area contributed by atoms with E-state index in [4.69, 9.17) is 0 Å². The Kier molecular flexibility index (Phi) is 5.14. The van der Waals surface area contributed by atoms with Crippen molar-refractivity contribution in [2.45, 2.75) is 12.1 Å². The van der Waals surface area contributed by atoms with Crippen LogP contribution in [-0.2, 0) is 9.59 Å². The van der Waals surface area contributed by atoms with Crippen molar-refractivity contribution >= 4 is 44.9 Å². The summed E-state index contributed by atoms with van der Waals surface area (Å²) < 4.78 is 0.777. The van der Waals surface area contributed by atoms with Crippen LogP contribution in [0.25, 0.3) is 0 Å². The average molecular weight is 519 g/mol. The summed E-state index contributed by atoms with van der Waals surface area (Å²) in [6.07, 6.45) is 4.66. The quantitative estimate of drug-likeness (QED) is 0.263. The molecular formula is C24H15BrN4O5. The van der Waals surface area contributed by atoms with E-state index in [9.17, 15) is 29.8 Å². The molecule has 0 unspecified atom stereocenters. The number of carbonyl (C=O) groups is 3. The van der Waals surface area contributed by atoms with Gasteiger partial charge in [0.1, 0.15) is 6.04 Å². The minimum Gasteiger partial charge on any atom is -0.359 e. The molecule has 2 amide bonds. The zero-order valence-electron chi connectivity index (χ0n) is 17.4. The maximum atomic E-state index is 13.6. The fraction of sp³-hybridized carbons (Fsp3) is 0.167. The number of Topliss-reactive ketones (excluding diaryl/α,β-unsaturated/α-hetero) is 1. The van der Waals surface area contributed by atoms with Crippen LogP contribution in [0.1, 0.15) is 10.4 Å². The Hall–Kier alpha value is -4.10. The number of benzene rings is 2. The van der Waals surface area contributed by atoms with Gasteiger partial charge >= 0.3 is 0 Å². The van der Waals surface area contributed by atoms with Gasteiger partial charge in [-0.05, 0) is 36.4 Å². The molecule has 168 valence electrons. The summed E-state index contributed by atoms with van der Waals surface area (Å²) in [5, 5.41) is 20.6. The average Bonchev–Trinajstić information content (AvgIpc) is 3.31. The van der Waals surface area contributed by atoms with Crippen molar-refractivity contribution in [1.82, 2.24) is 4.90 Å². The third-order valence-corrected chi connectivity index (χ3v) is 6.90. The van der Waals surface area contributed by atoms with Gasteiger partial charge in [0.25, 0.3) is 5.69 Å². The first kappa shape index (κ1) is 21.7. The number of amides is 2. The Morgan fingerprint density at radius 1 is 1.09 bits per heavy atom. The van der Waals surface area contributed by atoms with Crippen molar-refractivity contribution in [1.29, 1.82) is 5.26 Å². The zero-order valence-corrected chi connectivity index (χ0v) is 19.0. The van der Waals surface area contributed by atoms with Crippen molar-refractivity contribution in [3.8, 4) is 6.07 Å². The highest BCUT2D eigenvalue weighted by atomic mass is 79.9. The Morgan fingerprint density at radius 2 is 1.79 bits per heavy atom. The van der Waals surface area contributed by atoms with Crippen LogP contribution in [0.3, 0.4) is 0 Å². The van der Waals surface area contributed by atoms with E-state index in [1.54, 1.807) is 41.4 Å². The normalized spacial score (nSPS) is 25.0. The van der Waals surface area contributed by atoms with E-state index in [1.165, 1.54) is 30.3 Å². The minimum absolute atomic E-state index is 0.0735. The molecule has 3 aliphatic heterocycles. The zero-order chi connectivity index (χ0) is 24.1. The standard InChI is InChI=1S/C24H15BrN4O5/c25-15-4-6-16(7-5-15)28-23(31)19-18-10-13(12-26)8-9-27(18)21(20(19)24(28)32)22(30)14-2-1-3-17(11-14)29(33)34/h1-11,18-21H/t18-,19-,20-,21+/m0/s1. The Labute approximate surface area is 201 Å². The number of ketones is 1. The van der Waals surface area contributed by atoms with Crippen LogP contribution in [0.5, 0.6) is 0 Å². The number of imide groups is 1. The maximum Gasteiger partial charge on any atom is 0.270 e. The molecule has 0 aliphatic carbocycles. The minimum atomic E-state index is -1.05. The number of anilines is 1. The van der Waals surface area contributed by atoms with E-state index >= 15 is 0 Å². The molecule has 2 saturated heterocycles. The SMILES string of the molecule is N#CC1=C[C@H]2[C@@H]3C(=O)N(c4ccc(Br)cc4)C(=O)[C@@H]3[C@H](C(=O)c3cccc([N+](=O)[O-])c3)N2C=C1. The molecule has 5 rings (SSSR count). The van der Waals surface area contributed by atoms with Gasteiger partial charge in [-0.3, -0.25) is 24.5 Å². The molecule has 0 aromatic heterocycles. The lowest BCUT2D eigenvalue weighted by Gasteiger charge is -2.32. The summed E-state index contributed by atoms with van der Waals surface area (Å²) in [7, 11) is 0. The molecule has 0 spiro atoms. The predicted octanol–water partition coefficient (Wildman–Crippen LogP) is 3.38. The van der Waals surface area contributed by atoms with Crippen molar-refractivity contribution in [2.24, 2.45) is 11.8 Å². The first-order valence-electron chi connectivity index (χ1n) is 10.3.